The first-order valence-corrected chi connectivity index (χ1v) is 7.52. The van der Waals surface area contributed by atoms with Gasteiger partial charge in [0.05, 0.1) is 11.3 Å². The lowest BCUT2D eigenvalue weighted by Crippen LogP contribution is -2.14. The molecule has 3 rings (SSSR count). The third-order valence-electron chi connectivity index (χ3n) is 3.45. The minimum absolute atomic E-state index is 0.370. The molecule has 0 bridgehead atoms. The highest BCUT2D eigenvalue weighted by atomic mass is 16.5. The summed E-state index contributed by atoms with van der Waals surface area (Å²) in [6.45, 7) is 0.538. The number of carbonyl (C=O) groups excluding carboxylic acids is 1. The van der Waals surface area contributed by atoms with Crippen LogP contribution in [-0.2, 0) is 6.54 Å². The van der Waals surface area contributed by atoms with E-state index < -0.39 is 5.91 Å². The van der Waals surface area contributed by atoms with E-state index >= 15 is 0 Å². The summed E-state index contributed by atoms with van der Waals surface area (Å²) in [4.78, 5) is 15.3. The van der Waals surface area contributed by atoms with Crippen molar-refractivity contribution in [2.75, 3.05) is 5.32 Å². The van der Waals surface area contributed by atoms with E-state index in [1.54, 1.807) is 12.3 Å². The number of aromatic nitrogens is 1. The molecular weight excluding hydrogens is 302 g/mol. The van der Waals surface area contributed by atoms with Crippen LogP contribution in [0.1, 0.15) is 15.9 Å². The number of hydrogen-bond acceptors (Lipinski definition) is 4. The van der Waals surface area contributed by atoms with Gasteiger partial charge in [0.2, 0.25) is 0 Å². The van der Waals surface area contributed by atoms with Crippen molar-refractivity contribution in [2.45, 2.75) is 6.54 Å². The lowest BCUT2D eigenvalue weighted by Gasteiger charge is -2.11. The van der Waals surface area contributed by atoms with Gasteiger partial charge in [-0.25, -0.2) is 0 Å². The molecule has 0 aliphatic rings. The van der Waals surface area contributed by atoms with E-state index in [1.165, 1.54) is 6.20 Å². The predicted molar refractivity (Wildman–Crippen MR) is 93.0 cm³/mol. The average Bonchev–Trinajstić information content (AvgIpc) is 2.61. The molecule has 0 radical (unpaired) electrons. The summed E-state index contributed by atoms with van der Waals surface area (Å²) in [5.41, 5.74) is 7.41. The van der Waals surface area contributed by atoms with Crippen LogP contribution in [0.3, 0.4) is 0 Å². The van der Waals surface area contributed by atoms with E-state index in [4.69, 9.17) is 10.5 Å². The quantitative estimate of drug-likeness (QED) is 0.728. The molecule has 1 heterocycles. The summed E-state index contributed by atoms with van der Waals surface area (Å²) in [6.07, 6.45) is 3.07. The van der Waals surface area contributed by atoms with Gasteiger partial charge in [-0.15, -0.1) is 0 Å². The molecule has 3 aromatic rings. The van der Waals surface area contributed by atoms with Crippen LogP contribution in [0.5, 0.6) is 11.5 Å². The van der Waals surface area contributed by atoms with Gasteiger partial charge in [-0.05, 0) is 35.9 Å². The number of nitrogens with one attached hydrogen (secondary N) is 1. The predicted octanol–water partition coefficient (Wildman–Crippen LogP) is 3.58. The number of anilines is 1. The molecule has 0 saturated heterocycles. The Morgan fingerprint density at radius 3 is 2.62 bits per heavy atom. The number of ether oxygens (including phenoxy) is 1. The molecule has 0 aliphatic heterocycles. The Kier molecular flexibility index (Phi) is 4.72. The highest BCUT2D eigenvalue weighted by Gasteiger charge is 2.07. The molecule has 5 nitrogen and oxygen atoms in total. The molecule has 0 unspecified atom stereocenters. The molecule has 0 spiro atoms. The smallest absolute Gasteiger partial charge is 0.252 e. The topological polar surface area (TPSA) is 77.2 Å². The second-order valence-corrected chi connectivity index (χ2v) is 5.20. The van der Waals surface area contributed by atoms with Gasteiger partial charge < -0.3 is 15.8 Å². The van der Waals surface area contributed by atoms with Crippen molar-refractivity contribution >= 4 is 11.6 Å². The van der Waals surface area contributed by atoms with Crippen LogP contribution in [0.2, 0.25) is 0 Å². The van der Waals surface area contributed by atoms with Crippen molar-refractivity contribution in [1.82, 2.24) is 4.98 Å². The highest BCUT2D eigenvalue weighted by Crippen LogP contribution is 2.22. The van der Waals surface area contributed by atoms with Gasteiger partial charge in [0.15, 0.2) is 0 Å². The zero-order valence-corrected chi connectivity index (χ0v) is 13.0. The van der Waals surface area contributed by atoms with Crippen LogP contribution in [0.25, 0.3) is 0 Å². The standard InChI is InChI=1S/C19H17N3O2/c20-19(23)17-13-21-10-9-18(17)22-12-14-5-4-8-16(11-14)24-15-6-2-1-3-7-15/h1-11,13H,12H2,(H2,20,23)(H,21,22). The largest absolute Gasteiger partial charge is 0.457 e. The third kappa shape index (κ3) is 3.89. The highest BCUT2D eigenvalue weighted by molar-refractivity contribution is 5.98. The molecule has 5 heteroatoms. The van der Waals surface area contributed by atoms with Crippen LogP contribution in [-0.4, -0.2) is 10.9 Å². The number of nitrogens with zero attached hydrogens (tertiary/aromatic N) is 1. The van der Waals surface area contributed by atoms with Gasteiger partial charge in [-0.1, -0.05) is 30.3 Å². The van der Waals surface area contributed by atoms with Crippen LogP contribution in [0, 0.1) is 0 Å². The number of amides is 1. The molecule has 1 aromatic heterocycles. The fourth-order valence-electron chi connectivity index (χ4n) is 2.29. The van der Waals surface area contributed by atoms with Gasteiger partial charge in [0.1, 0.15) is 11.5 Å². The Bertz CT molecular complexity index is 835. The maximum atomic E-state index is 11.4. The molecule has 1 amide bonds. The third-order valence-corrected chi connectivity index (χ3v) is 3.45. The molecule has 0 fully saturated rings. The Balaban J connectivity index is 1.70. The van der Waals surface area contributed by atoms with E-state index in [2.05, 4.69) is 10.3 Å². The fourth-order valence-corrected chi connectivity index (χ4v) is 2.29. The second-order valence-electron chi connectivity index (χ2n) is 5.20. The van der Waals surface area contributed by atoms with Crippen LogP contribution < -0.4 is 15.8 Å². The molecule has 2 aromatic carbocycles. The summed E-state index contributed by atoms with van der Waals surface area (Å²) in [5, 5.41) is 3.21. The van der Waals surface area contributed by atoms with Crippen molar-refractivity contribution in [3.8, 4) is 11.5 Å². The fraction of sp³-hybridized carbons (Fsp3) is 0.0526. The SMILES string of the molecule is NC(=O)c1cnccc1NCc1cccc(Oc2ccccc2)c1. The zero-order valence-electron chi connectivity index (χ0n) is 13.0. The molecule has 0 aliphatic carbocycles. The van der Waals surface area contributed by atoms with Crippen molar-refractivity contribution in [3.63, 3.8) is 0 Å². The lowest BCUT2D eigenvalue weighted by atomic mass is 10.2. The number of pyridine rings is 1. The van der Waals surface area contributed by atoms with Crippen molar-refractivity contribution < 1.29 is 9.53 Å². The summed E-state index contributed by atoms with van der Waals surface area (Å²) in [6, 6.07) is 19.1. The number of rotatable bonds is 6. The van der Waals surface area contributed by atoms with Gasteiger partial charge in [-0.2, -0.15) is 0 Å². The Hall–Kier alpha value is -3.34. The van der Waals surface area contributed by atoms with Crippen LogP contribution >= 0.6 is 0 Å². The van der Waals surface area contributed by atoms with Gasteiger partial charge in [0, 0.05) is 18.9 Å². The number of hydrogen-bond donors (Lipinski definition) is 2. The first-order valence-electron chi connectivity index (χ1n) is 7.52. The first kappa shape index (κ1) is 15.6. The molecule has 3 N–H and O–H groups in total. The number of nitrogens with two attached hydrogens (primary N) is 1. The average molecular weight is 319 g/mol. The molecule has 0 atom stereocenters. The molecule has 24 heavy (non-hydrogen) atoms. The number of carbonyl (C=O) groups is 1. The Labute approximate surface area is 140 Å². The number of benzene rings is 2. The number of para-hydroxylation sites is 1. The Morgan fingerprint density at radius 2 is 1.83 bits per heavy atom. The van der Waals surface area contributed by atoms with E-state index in [-0.39, 0.29) is 0 Å². The van der Waals surface area contributed by atoms with E-state index in [0.717, 1.165) is 17.1 Å². The van der Waals surface area contributed by atoms with Gasteiger partial charge in [0.25, 0.3) is 5.91 Å². The van der Waals surface area contributed by atoms with Crippen LogP contribution in [0.4, 0.5) is 5.69 Å². The summed E-state index contributed by atoms with van der Waals surface area (Å²) in [5.74, 6) is 1.03. The van der Waals surface area contributed by atoms with Gasteiger partial charge in [-0.3, -0.25) is 9.78 Å². The summed E-state index contributed by atoms with van der Waals surface area (Å²) in [7, 11) is 0. The van der Waals surface area contributed by atoms with Crippen molar-refractivity contribution in [3.05, 3.63) is 84.2 Å². The van der Waals surface area contributed by atoms with Crippen molar-refractivity contribution in [2.24, 2.45) is 5.73 Å². The minimum atomic E-state index is -0.508. The van der Waals surface area contributed by atoms with Gasteiger partial charge >= 0.3 is 0 Å². The molecule has 120 valence electrons. The zero-order chi connectivity index (χ0) is 16.8. The molecular formula is C19H17N3O2. The maximum absolute atomic E-state index is 11.4. The Morgan fingerprint density at radius 1 is 1.04 bits per heavy atom. The monoisotopic (exact) mass is 319 g/mol. The summed E-state index contributed by atoms with van der Waals surface area (Å²) < 4.78 is 5.82. The minimum Gasteiger partial charge on any atom is -0.457 e. The lowest BCUT2D eigenvalue weighted by molar-refractivity contribution is 0.100. The van der Waals surface area contributed by atoms with Crippen LogP contribution in [0.15, 0.2) is 73.1 Å². The second kappa shape index (κ2) is 7.28. The normalized spacial score (nSPS) is 10.2. The number of primary amides is 1. The van der Waals surface area contributed by atoms with E-state index in [9.17, 15) is 4.79 Å². The van der Waals surface area contributed by atoms with E-state index in [0.29, 0.717) is 17.8 Å². The first-order chi connectivity index (χ1) is 11.7. The maximum Gasteiger partial charge on any atom is 0.252 e. The van der Waals surface area contributed by atoms with E-state index in [1.807, 2.05) is 54.6 Å². The molecule has 0 saturated carbocycles. The van der Waals surface area contributed by atoms with Crippen molar-refractivity contribution in [1.29, 1.82) is 0 Å². The summed E-state index contributed by atoms with van der Waals surface area (Å²) >= 11 is 0.